The van der Waals surface area contributed by atoms with E-state index in [2.05, 4.69) is 35.8 Å². The molecule has 0 saturated carbocycles. The molecule has 28 heavy (non-hydrogen) atoms. The van der Waals surface area contributed by atoms with Gasteiger partial charge in [-0.1, -0.05) is 11.6 Å². The van der Waals surface area contributed by atoms with Gasteiger partial charge in [-0.05, 0) is 75.1 Å². The van der Waals surface area contributed by atoms with E-state index in [1.165, 1.54) is 5.69 Å². The van der Waals surface area contributed by atoms with Crippen molar-refractivity contribution in [3.05, 3.63) is 51.5 Å². The summed E-state index contributed by atoms with van der Waals surface area (Å²) in [5, 5.41) is 11.2. The molecule has 2 aliphatic heterocycles. The van der Waals surface area contributed by atoms with Gasteiger partial charge in [0.05, 0.1) is 0 Å². The molecule has 0 aliphatic carbocycles. The Labute approximate surface area is 172 Å². The van der Waals surface area contributed by atoms with Crippen LogP contribution in [-0.4, -0.2) is 41.9 Å². The number of piperazine rings is 1. The van der Waals surface area contributed by atoms with Gasteiger partial charge in [0.25, 0.3) is 0 Å². The van der Waals surface area contributed by atoms with Crippen molar-refractivity contribution in [2.24, 2.45) is 0 Å². The summed E-state index contributed by atoms with van der Waals surface area (Å²) in [4.78, 5) is 4.88. The van der Waals surface area contributed by atoms with Gasteiger partial charge in [-0.15, -0.1) is 0 Å². The zero-order valence-electron chi connectivity index (χ0n) is 17.2. The second-order valence-electron chi connectivity index (χ2n) is 8.26. The summed E-state index contributed by atoms with van der Waals surface area (Å²) in [6.45, 7) is 12.1. The minimum absolute atomic E-state index is 0.306. The Balaban J connectivity index is 1.51. The standard InChI is InChI=1S/C23H29ClN2O2/c1-15-16(2)22-20(17(3)21(15)27)9-10-23(4,28-22)26-13-11-25(12-14-26)19-7-5-18(24)6-8-19/h5-8,27H,9-14H2,1-4H3. The average Bonchev–Trinajstić information content (AvgIpc) is 2.71. The minimum Gasteiger partial charge on any atom is -0.507 e. The highest BCUT2D eigenvalue weighted by Gasteiger charge is 2.40. The zero-order valence-corrected chi connectivity index (χ0v) is 17.9. The number of phenolic OH excluding ortho intramolecular Hbond substituents is 1. The molecule has 2 aromatic carbocycles. The van der Waals surface area contributed by atoms with Crippen molar-refractivity contribution >= 4 is 17.3 Å². The van der Waals surface area contributed by atoms with Gasteiger partial charge in [-0.2, -0.15) is 0 Å². The molecule has 0 spiro atoms. The van der Waals surface area contributed by atoms with Crippen LogP contribution < -0.4 is 9.64 Å². The van der Waals surface area contributed by atoms with E-state index in [9.17, 15) is 5.11 Å². The van der Waals surface area contributed by atoms with Gasteiger partial charge < -0.3 is 14.7 Å². The Hall–Kier alpha value is -1.91. The summed E-state index contributed by atoms with van der Waals surface area (Å²) < 4.78 is 6.64. The number of ether oxygens (including phenoxy) is 1. The van der Waals surface area contributed by atoms with Crippen LogP contribution in [0.5, 0.6) is 11.5 Å². The summed E-state index contributed by atoms with van der Waals surface area (Å²) in [5.74, 6) is 1.39. The summed E-state index contributed by atoms with van der Waals surface area (Å²) in [5.41, 5.74) is 5.03. The lowest BCUT2D eigenvalue weighted by molar-refractivity contribution is -0.0878. The van der Waals surface area contributed by atoms with E-state index < -0.39 is 0 Å². The van der Waals surface area contributed by atoms with Crippen molar-refractivity contribution in [3.63, 3.8) is 0 Å². The fourth-order valence-electron chi connectivity index (χ4n) is 4.55. The molecule has 2 aromatic rings. The maximum Gasteiger partial charge on any atom is 0.161 e. The second kappa shape index (κ2) is 7.16. The first kappa shape index (κ1) is 19.4. The molecule has 1 unspecified atom stereocenters. The van der Waals surface area contributed by atoms with Crippen LogP contribution in [-0.2, 0) is 6.42 Å². The molecule has 150 valence electrons. The predicted molar refractivity (Wildman–Crippen MR) is 115 cm³/mol. The molecule has 4 nitrogen and oxygen atoms in total. The summed E-state index contributed by atoms with van der Waals surface area (Å²) >= 11 is 6.02. The van der Waals surface area contributed by atoms with Crippen molar-refractivity contribution in [2.45, 2.75) is 46.3 Å². The number of halogens is 1. The first-order valence-electron chi connectivity index (χ1n) is 10.1. The van der Waals surface area contributed by atoms with Crippen LogP contribution in [0, 0.1) is 20.8 Å². The van der Waals surface area contributed by atoms with Crippen LogP contribution in [0.3, 0.4) is 0 Å². The summed E-state index contributed by atoms with van der Waals surface area (Å²) in [6.07, 6.45) is 1.87. The summed E-state index contributed by atoms with van der Waals surface area (Å²) in [6, 6.07) is 8.09. The molecule has 0 bridgehead atoms. The van der Waals surface area contributed by atoms with Crippen LogP contribution in [0.25, 0.3) is 0 Å². The Bertz CT molecular complexity index is 889. The number of aromatic hydroxyl groups is 1. The largest absolute Gasteiger partial charge is 0.507 e. The number of hydrogen-bond donors (Lipinski definition) is 1. The molecule has 1 N–H and O–H groups in total. The van der Waals surface area contributed by atoms with E-state index in [0.717, 1.165) is 72.0 Å². The molecule has 2 heterocycles. The highest BCUT2D eigenvalue weighted by molar-refractivity contribution is 6.30. The molecule has 5 heteroatoms. The van der Waals surface area contributed by atoms with Crippen LogP contribution in [0.2, 0.25) is 5.02 Å². The number of fused-ring (bicyclic) bond motifs is 1. The van der Waals surface area contributed by atoms with E-state index in [1.807, 2.05) is 26.0 Å². The van der Waals surface area contributed by atoms with Crippen LogP contribution in [0.1, 0.15) is 35.6 Å². The number of rotatable bonds is 2. The third-order valence-corrected chi connectivity index (χ3v) is 6.89. The van der Waals surface area contributed by atoms with Gasteiger partial charge in [-0.3, -0.25) is 4.90 Å². The molecule has 4 rings (SSSR count). The maximum absolute atomic E-state index is 10.4. The summed E-state index contributed by atoms with van der Waals surface area (Å²) in [7, 11) is 0. The van der Waals surface area contributed by atoms with Gasteiger partial charge in [0.1, 0.15) is 11.5 Å². The normalized spacial score (nSPS) is 22.7. The smallest absolute Gasteiger partial charge is 0.161 e. The molecule has 2 aliphatic rings. The lowest BCUT2D eigenvalue weighted by Gasteiger charge is -2.48. The Kier molecular flexibility index (Phi) is 4.96. The fourth-order valence-corrected chi connectivity index (χ4v) is 4.67. The lowest BCUT2D eigenvalue weighted by atomic mass is 9.89. The number of nitrogens with zero attached hydrogens (tertiary/aromatic N) is 2. The van der Waals surface area contributed by atoms with Crippen molar-refractivity contribution in [1.82, 2.24) is 4.90 Å². The third-order valence-electron chi connectivity index (χ3n) is 6.64. The molecule has 0 aromatic heterocycles. The Morgan fingerprint density at radius 1 is 0.964 bits per heavy atom. The molecule has 1 saturated heterocycles. The quantitative estimate of drug-likeness (QED) is 0.782. The maximum atomic E-state index is 10.4. The lowest BCUT2D eigenvalue weighted by Crippen LogP contribution is -2.59. The van der Waals surface area contributed by atoms with Crippen molar-refractivity contribution in [2.75, 3.05) is 31.1 Å². The molecular formula is C23H29ClN2O2. The first-order chi connectivity index (χ1) is 13.3. The number of hydrogen-bond acceptors (Lipinski definition) is 4. The number of phenols is 1. The molecule has 0 radical (unpaired) electrons. The van der Waals surface area contributed by atoms with E-state index in [4.69, 9.17) is 16.3 Å². The van der Waals surface area contributed by atoms with Gasteiger partial charge in [0.2, 0.25) is 0 Å². The highest BCUT2D eigenvalue weighted by Crippen LogP contribution is 2.44. The van der Waals surface area contributed by atoms with Gasteiger partial charge in [-0.25, -0.2) is 0 Å². The van der Waals surface area contributed by atoms with Crippen LogP contribution in [0.15, 0.2) is 24.3 Å². The van der Waals surface area contributed by atoms with E-state index >= 15 is 0 Å². The van der Waals surface area contributed by atoms with Gasteiger partial charge in [0, 0.05) is 48.9 Å². The van der Waals surface area contributed by atoms with Crippen molar-refractivity contribution in [3.8, 4) is 11.5 Å². The highest BCUT2D eigenvalue weighted by atomic mass is 35.5. The Morgan fingerprint density at radius 3 is 2.25 bits per heavy atom. The topological polar surface area (TPSA) is 35.9 Å². The van der Waals surface area contributed by atoms with E-state index in [0.29, 0.717) is 5.75 Å². The molecule has 1 fully saturated rings. The second-order valence-corrected chi connectivity index (χ2v) is 8.70. The number of benzene rings is 2. The SMILES string of the molecule is Cc1c(C)c2c(c(C)c1O)CCC(C)(N1CCN(c3ccc(Cl)cc3)CC1)O2. The third kappa shape index (κ3) is 3.23. The minimum atomic E-state index is -0.306. The molecule has 0 amide bonds. The monoisotopic (exact) mass is 400 g/mol. The van der Waals surface area contributed by atoms with Crippen molar-refractivity contribution in [1.29, 1.82) is 0 Å². The average molecular weight is 401 g/mol. The Morgan fingerprint density at radius 2 is 1.61 bits per heavy atom. The van der Waals surface area contributed by atoms with Crippen LogP contribution in [0.4, 0.5) is 5.69 Å². The predicted octanol–water partition coefficient (Wildman–Crippen LogP) is 4.83. The van der Waals surface area contributed by atoms with Gasteiger partial charge >= 0.3 is 0 Å². The molecule has 1 atom stereocenters. The number of anilines is 1. The fraction of sp³-hybridized carbons (Fsp3) is 0.478. The van der Waals surface area contributed by atoms with E-state index in [1.54, 1.807) is 0 Å². The van der Waals surface area contributed by atoms with Crippen LogP contribution >= 0.6 is 11.6 Å². The first-order valence-corrected chi connectivity index (χ1v) is 10.4. The van der Waals surface area contributed by atoms with Crippen molar-refractivity contribution < 1.29 is 9.84 Å². The van der Waals surface area contributed by atoms with Gasteiger partial charge in [0.15, 0.2) is 5.72 Å². The molecular weight excluding hydrogens is 372 g/mol. The zero-order chi connectivity index (χ0) is 20.1. The van der Waals surface area contributed by atoms with E-state index in [-0.39, 0.29) is 5.72 Å².